The first-order chi connectivity index (χ1) is 11.8. The maximum atomic E-state index is 6.11. The van der Waals surface area contributed by atoms with Gasteiger partial charge in [-0.2, -0.15) is 0 Å². The van der Waals surface area contributed by atoms with Gasteiger partial charge in [0, 0.05) is 43.4 Å². The Balaban J connectivity index is 1.40. The molecule has 0 N–H and O–H groups in total. The Morgan fingerprint density at radius 2 is 1.54 bits per heavy atom. The molecule has 0 radical (unpaired) electrons. The maximum Gasteiger partial charge on any atom is 0.0426 e. The van der Waals surface area contributed by atoms with Crippen molar-refractivity contribution >= 4 is 28.1 Å². The molecule has 0 saturated carbocycles. The second-order valence-corrected chi connectivity index (χ2v) is 6.86. The molecule has 0 bridgehead atoms. The molecule has 0 amide bonds. The van der Waals surface area contributed by atoms with Crippen molar-refractivity contribution in [3.8, 4) is 0 Å². The third kappa shape index (κ3) is 3.40. The van der Waals surface area contributed by atoms with Gasteiger partial charge < -0.3 is 4.90 Å². The zero-order chi connectivity index (χ0) is 16.4. The van der Waals surface area contributed by atoms with E-state index < -0.39 is 0 Å². The summed E-state index contributed by atoms with van der Waals surface area (Å²) in [7, 11) is 0. The Morgan fingerprint density at radius 1 is 0.750 bits per heavy atom. The highest BCUT2D eigenvalue weighted by Crippen LogP contribution is 2.22. The van der Waals surface area contributed by atoms with Crippen LogP contribution in [0.4, 0.5) is 5.69 Å². The first-order valence-corrected chi connectivity index (χ1v) is 8.86. The van der Waals surface area contributed by atoms with Gasteiger partial charge in [0.05, 0.1) is 0 Å². The quantitative estimate of drug-likeness (QED) is 0.677. The zero-order valence-corrected chi connectivity index (χ0v) is 14.4. The summed E-state index contributed by atoms with van der Waals surface area (Å²) in [5.74, 6) is 0. The SMILES string of the molecule is Clc1cccc(N2CCN(Cc3ccc4ccccc4c3)CC2)c1. The van der Waals surface area contributed by atoms with E-state index in [1.54, 1.807) is 0 Å². The topological polar surface area (TPSA) is 6.48 Å². The molecule has 1 aliphatic heterocycles. The van der Waals surface area contributed by atoms with Crippen molar-refractivity contribution in [3.05, 3.63) is 77.3 Å². The van der Waals surface area contributed by atoms with Crippen molar-refractivity contribution < 1.29 is 0 Å². The second-order valence-electron chi connectivity index (χ2n) is 6.42. The van der Waals surface area contributed by atoms with Crippen molar-refractivity contribution in [2.75, 3.05) is 31.1 Å². The van der Waals surface area contributed by atoms with Crippen LogP contribution in [0.2, 0.25) is 5.02 Å². The van der Waals surface area contributed by atoms with Crippen LogP contribution in [0.3, 0.4) is 0 Å². The van der Waals surface area contributed by atoms with E-state index >= 15 is 0 Å². The highest BCUT2D eigenvalue weighted by molar-refractivity contribution is 6.30. The van der Waals surface area contributed by atoms with Gasteiger partial charge in [-0.3, -0.25) is 4.90 Å². The van der Waals surface area contributed by atoms with E-state index in [2.05, 4.69) is 64.4 Å². The molecule has 122 valence electrons. The lowest BCUT2D eigenvalue weighted by atomic mass is 10.1. The first kappa shape index (κ1) is 15.5. The van der Waals surface area contributed by atoms with Crippen LogP contribution in [-0.4, -0.2) is 31.1 Å². The standard InChI is InChI=1S/C21H21ClN2/c22-20-6-3-7-21(15-20)24-12-10-23(11-13-24)16-17-8-9-18-4-1-2-5-19(18)14-17/h1-9,14-15H,10-13,16H2. The van der Waals surface area contributed by atoms with Crippen LogP contribution >= 0.6 is 11.6 Å². The van der Waals surface area contributed by atoms with E-state index in [1.807, 2.05) is 12.1 Å². The number of hydrogen-bond donors (Lipinski definition) is 0. The summed E-state index contributed by atoms with van der Waals surface area (Å²) in [6.45, 7) is 5.29. The Morgan fingerprint density at radius 3 is 2.33 bits per heavy atom. The molecule has 3 aromatic carbocycles. The number of benzene rings is 3. The minimum atomic E-state index is 0.811. The van der Waals surface area contributed by atoms with Gasteiger partial charge in [-0.05, 0) is 40.6 Å². The number of rotatable bonds is 3. The molecular formula is C21H21ClN2. The summed E-state index contributed by atoms with van der Waals surface area (Å²) in [5.41, 5.74) is 2.62. The van der Waals surface area contributed by atoms with Gasteiger partial charge >= 0.3 is 0 Å². The number of piperazine rings is 1. The first-order valence-electron chi connectivity index (χ1n) is 8.48. The number of fused-ring (bicyclic) bond motifs is 1. The van der Waals surface area contributed by atoms with Crippen molar-refractivity contribution in [1.29, 1.82) is 0 Å². The molecule has 1 saturated heterocycles. The summed E-state index contributed by atoms with van der Waals surface area (Å²) in [6.07, 6.45) is 0. The number of anilines is 1. The van der Waals surface area contributed by atoms with Crippen LogP contribution in [0, 0.1) is 0 Å². The predicted octanol–water partition coefficient (Wildman–Crippen LogP) is 4.82. The summed E-state index contributed by atoms with van der Waals surface area (Å²) in [5, 5.41) is 3.45. The third-order valence-corrected chi connectivity index (χ3v) is 5.00. The van der Waals surface area contributed by atoms with Crippen LogP contribution in [0.15, 0.2) is 66.7 Å². The highest BCUT2D eigenvalue weighted by atomic mass is 35.5. The van der Waals surface area contributed by atoms with Crippen LogP contribution in [-0.2, 0) is 6.54 Å². The van der Waals surface area contributed by atoms with Gasteiger partial charge in [0.15, 0.2) is 0 Å². The Bertz CT molecular complexity index is 838. The van der Waals surface area contributed by atoms with Gasteiger partial charge in [-0.1, -0.05) is 54.1 Å². The Kier molecular flexibility index (Phi) is 4.42. The number of halogens is 1. The third-order valence-electron chi connectivity index (χ3n) is 4.77. The molecule has 4 rings (SSSR count). The van der Waals surface area contributed by atoms with Gasteiger partial charge in [-0.25, -0.2) is 0 Å². The minimum Gasteiger partial charge on any atom is -0.369 e. The van der Waals surface area contributed by atoms with Crippen LogP contribution in [0.5, 0.6) is 0 Å². The summed E-state index contributed by atoms with van der Waals surface area (Å²) in [4.78, 5) is 4.95. The van der Waals surface area contributed by atoms with Crippen LogP contribution in [0.25, 0.3) is 10.8 Å². The Labute approximate surface area is 148 Å². The molecule has 3 aromatic rings. The van der Waals surface area contributed by atoms with Crippen molar-refractivity contribution in [2.24, 2.45) is 0 Å². The van der Waals surface area contributed by atoms with Crippen molar-refractivity contribution in [1.82, 2.24) is 4.90 Å². The van der Waals surface area contributed by atoms with E-state index in [0.717, 1.165) is 37.7 Å². The molecule has 0 aromatic heterocycles. The molecule has 1 aliphatic rings. The van der Waals surface area contributed by atoms with E-state index in [4.69, 9.17) is 11.6 Å². The van der Waals surface area contributed by atoms with E-state index in [0.29, 0.717) is 0 Å². The monoisotopic (exact) mass is 336 g/mol. The average Bonchev–Trinajstić information content (AvgIpc) is 2.62. The van der Waals surface area contributed by atoms with Gasteiger partial charge in [0.1, 0.15) is 0 Å². The lowest BCUT2D eigenvalue weighted by Gasteiger charge is -2.36. The molecule has 2 nitrogen and oxygen atoms in total. The van der Waals surface area contributed by atoms with Gasteiger partial charge in [0.25, 0.3) is 0 Å². The molecular weight excluding hydrogens is 316 g/mol. The Hall–Kier alpha value is -2.03. The maximum absolute atomic E-state index is 6.11. The van der Waals surface area contributed by atoms with Crippen LogP contribution < -0.4 is 4.90 Å². The fourth-order valence-corrected chi connectivity index (χ4v) is 3.62. The molecule has 0 atom stereocenters. The smallest absolute Gasteiger partial charge is 0.0426 e. The average molecular weight is 337 g/mol. The number of nitrogens with zero attached hydrogens (tertiary/aromatic N) is 2. The van der Waals surface area contributed by atoms with Gasteiger partial charge in [-0.15, -0.1) is 0 Å². The molecule has 24 heavy (non-hydrogen) atoms. The molecule has 1 heterocycles. The highest BCUT2D eigenvalue weighted by Gasteiger charge is 2.17. The normalized spacial score (nSPS) is 15.8. The molecule has 1 fully saturated rings. The van der Waals surface area contributed by atoms with Crippen molar-refractivity contribution in [2.45, 2.75) is 6.54 Å². The van der Waals surface area contributed by atoms with Crippen LogP contribution in [0.1, 0.15) is 5.56 Å². The molecule has 0 unspecified atom stereocenters. The van der Waals surface area contributed by atoms with Gasteiger partial charge in [0.2, 0.25) is 0 Å². The van der Waals surface area contributed by atoms with Crippen molar-refractivity contribution in [3.63, 3.8) is 0 Å². The predicted molar refractivity (Wildman–Crippen MR) is 103 cm³/mol. The zero-order valence-electron chi connectivity index (χ0n) is 13.7. The minimum absolute atomic E-state index is 0.811. The summed E-state index contributed by atoms with van der Waals surface area (Å²) >= 11 is 6.11. The molecule has 0 aliphatic carbocycles. The van der Waals surface area contributed by atoms with E-state index in [1.165, 1.54) is 22.0 Å². The summed E-state index contributed by atoms with van der Waals surface area (Å²) < 4.78 is 0. The number of hydrogen-bond acceptors (Lipinski definition) is 2. The summed E-state index contributed by atoms with van der Waals surface area (Å²) in [6, 6.07) is 23.5. The molecule has 0 spiro atoms. The lowest BCUT2D eigenvalue weighted by molar-refractivity contribution is 0.250. The van der Waals surface area contributed by atoms with E-state index in [9.17, 15) is 0 Å². The fraction of sp³-hybridized carbons (Fsp3) is 0.238. The lowest BCUT2D eigenvalue weighted by Crippen LogP contribution is -2.45. The molecule has 3 heteroatoms. The fourth-order valence-electron chi connectivity index (χ4n) is 3.43. The second kappa shape index (κ2) is 6.84. The van der Waals surface area contributed by atoms with E-state index in [-0.39, 0.29) is 0 Å². The largest absolute Gasteiger partial charge is 0.369 e.